The van der Waals surface area contributed by atoms with E-state index >= 15 is 0 Å². The third kappa shape index (κ3) is 4.24. The van der Waals surface area contributed by atoms with E-state index in [4.69, 9.17) is 0 Å². The average Bonchev–Trinajstić information content (AvgIpc) is 2.39. The van der Waals surface area contributed by atoms with Gasteiger partial charge in [-0.25, -0.2) is 0 Å². The van der Waals surface area contributed by atoms with Crippen molar-refractivity contribution in [3.05, 3.63) is 0 Å². The van der Waals surface area contributed by atoms with Crippen molar-refractivity contribution in [3.8, 4) is 6.07 Å². The van der Waals surface area contributed by atoms with E-state index in [0.29, 0.717) is 6.04 Å². The van der Waals surface area contributed by atoms with Gasteiger partial charge in [-0.05, 0) is 33.4 Å². The van der Waals surface area contributed by atoms with Crippen LogP contribution in [0.5, 0.6) is 0 Å². The van der Waals surface area contributed by atoms with E-state index in [1.54, 1.807) is 0 Å². The Balaban J connectivity index is 2.46. The first-order valence-electron chi connectivity index (χ1n) is 7.17. The van der Waals surface area contributed by atoms with E-state index in [1.165, 1.54) is 0 Å². The molecule has 0 aliphatic carbocycles. The van der Waals surface area contributed by atoms with Crippen LogP contribution in [0.2, 0.25) is 0 Å². The van der Waals surface area contributed by atoms with Crippen LogP contribution < -0.4 is 5.32 Å². The molecule has 2 atom stereocenters. The minimum atomic E-state index is -0.393. The molecule has 104 valence electrons. The Kier molecular flexibility index (Phi) is 6.07. The van der Waals surface area contributed by atoms with Crippen LogP contribution in [0.25, 0.3) is 0 Å². The van der Waals surface area contributed by atoms with Crippen LogP contribution >= 0.6 is 0 Å². The minimum absolute atomic E-state index is 0.393. The summed E-state index contributed by atoms with van der Waals surface area (Å²) in [6, 6.07) is 2.89. The van der Waals surface area contributed by atoms with Crippen molar-refractivity contribution in [1.82, 2.24) is 15.1 Å². The van der Waals surface area contributed by atoms with Gasteiger partial charge >= 0.3 is 0 Å². The molecule has 2 unspecified atom stereocenters. The van der Waals surface area contributed by atoms with Crippen LogP contribution in [0.3, 0.4) is 0 Å². The predicted molar refractivity (Wildman–Crippen MR) is 75.5 cm³/mol. The lowest BCUT2D eigenvalue weighted by molar-refractivity contribution is 0.0938. The Morgan fingerprint density at radius 1 is 1.28 bits per heavy atom. The fraction of sp³-hybridized carbons (Fsp3) is 0.929. The summed E-state index contributed by atoms with van der Waals surface area (Å²) < 4.78 is 0. The Bertz CT molecular complexity index is 278. The summed E-state index contributed by atoms with van der Waals surface area (Å²) in [6.45, 7) is 15.1. The lowest BCUT2D eigenvalue weighted by Crippen LogP contribution is -2.52. The molecule has 1 aliphatic heterocycles. The summed E-state index contributed by atoms with van der Waals surface area (Å²) in [7, 11) is 0. The number of hydrogen-bond donors (Lipinski definition) is 1. The molecule has 0 aromatic rings. The van der Waals surface area contributed by atoms with Crippen LogP contribution in [-0.4, -0.2) is 60.6 Å². The highest BCUT2D eigenvalue weighted by Crippen LogP contribution is 2.17. The molecule has 0 aromatic carbocycles. The molecule has 0 saturated carbocycles. The second kappa shape index (κ2) is 7.08. The van der Waals surface area contributed by atoms with Crippen molar-refractivity contribution in [2.75, 3.05) is 39.3 Å². The van der Waals surface area contributed by atoms with Gasteiger partial charge in [-0.1, -0.05) is 13.8 Å². The van der Waals surface area contributed by atoms with Gasteiger partial charge in [0.25, 0.3) is 0 Å². The van der Waals surface area contributed by atoms with Crippen molar-refractivity contribution < 1.29 is 0 Å². The summed E-state index contributed by atoms with van der Waals surface area (Å²) in [5.41, 5.74) is -0.393. The number of rotatable bonds is 6. The Morgan fingerprint density at radius 2 is 1.89 bits per heavy atom. The van der Waals surface area contributed by atoms with E-state index in [9.17, 15) is 5.26 Å². The minimum Gasteiger partial charge on any atom is -0.301 e. The van der Waals surface area contributed by atoms with Crippen LogP contribution in [0.15, 0.2) is 0 Å². The first kappa shape index (κ1) is 15.4. The predicted octanol–water partition coefficient (Wildman–Crippen LogP) is 1.29. The van der Waals surface area contributed by atoms with Gasteiger partial charge in [-0.2, -0.15) is 5.26 Å². The molecule has 4 heteroatoms. The third-order valence-electron chi connectivity index (χ3n) is 3.99. The second-order valence-electron chi connectivity index (χ2n) is 5.50. The molecule has 1 aliphatic rings. The average molecular weight is 252 g/mol. The largest absolute Gasteiger partial charge is 0.301 e. The lowest BCUT2D eigenvalue weighted by Gasteiger charge is -2.39. The highest BCUT2D eigenvalue weighted by molar-refractivity contribution is 5.05. The standard InChI is InChI=1S/C14H28N4/c1-5-16-14(4,12-15)11-13(3)18-9-7-17(6-2)8-10-18/h13,16H,5-11H2,1-4H3. The third-order valence-corrected chi connectivity index (χ3v) is 3.99. The topological polar surface area (TPSA) is 42.3 Å². The zero-order valence-corrected chi connectivity index (χ0v) is 12.4. The highest BCUT2D eigenvalue weighted by atomic mass is 15.3. The first-order chi connectivity index (χ1) is 8.54. The Hall–Kier alpha value is -0.630. The summed E-state index contributed by atoms with van der Waals surface area (Å²) in [5, 5.41) is 12.6. The highest BCUT2D eigenvalue weighted by Gasteiger charge is 2.29. The van der Waals surface area contributed by atoms with Gasteiger partial charge in [-0.3, -0.25) is 10.2 Å². The van der Waals surface area contributed by atoms with E-state index in [1.807, 2.05) is 6.92 Å². The van der Waals surface area contributed by atoms with Crippen molar-refractivity contribution in [3.63, 3.8) is 0 Å². The lowest BCUT2D eigenvalue weighted by atomic mass is 9.94. The molecule has 0 radical (unpaired) electrons. The zero-order chi connectivity index (χ0) is 13.6. The van der Waals surface area contributed by atoms with Crippen LogP contribution in [-0.2, 0) is 0 Å². The number of piperazine rings is 1. The van der Waals surface area contributed by atoms with Crippen LogP contribution in [0.4, 0.5) is 0 Å². The Morgan fingerprint density at radius 3 is 2.33 bits per heavy atom. The molecule has 4 nitrogen and oxygen atoms in total. The molecular weight excluding hydrogens is 224 g/mol. The molecular formula is C14H28N4. The summed E-state index contributed by atoms with van der Waals surface area (Å²) in [6.07, 6.45) is 0.892. The van der Waals surface area contributed by atoms with Crippen molar-refractivity contribution in [1.29, 1.82) is 5.26 Å². The molecule has 18 heavy (non-hydrogen) atoms. The maximum absolute atomic E-state index is 9.30. The fourth-order valence-corrected chi connectivity index (χ4v) is 2.79. The van der Waals surface area contributed by atoms with Gasteiger partial charge in [0.15, 0.2) is 0 Å². The molecule has 0 aromatic heterocycles. The zero-order valence-electron chi connectivity index (χ0n) is 12.4. The number of likely N-dealkylation sites (N-methyl/N-ethyl adjacent to an activating group) is 1. The molecule has 0 amide bonds. The smallest absolute Gasteiger partial charge is 0.105 e. The van der Waals surface area contributed by atoms with Gasteiger partial charge in [-0.15, -0.1) is 0 Å². The maximum atomic E-state index is 9.30. The van der Waals surface area contributed by atoms with Crippen molar-refractivity contribution in [2.24, 2.45) is 0 Å². The van der Waals surface area contributed by atoms with Crippen molar-refractivity contribution in [2.45, 2.75) is 45.7 Å². The summed E-state index contributed by atoms with van der Waals surface area (Å²) in [5.74, 6) is 0. The van der Waals surface area contributed by atoms with Gasteiger partial charge in [0.2, 0.25) is 0 Å². The van der Waals surface area contributed by atoms with E-state index in [0.717, 1.165) is 45.7 Å². The molecule has 1 heterocycles. The SMILES string of the molecule is CCNC(C)(C#N)CC(C)N1CCN(CC)CC1. The number of nitrogens with one attached hydrogen (secondary N) is 1. The fourth-order valence-electron chi connectivity index (χ4n) is 2.79. The van der Waals surface area contributed by atoms with E-state index < -0.39 is 5.54 Å². The number of nitrogens with zero attached hydrogens (tertiary/aromatic N) is 3. The van der Waals surface area contributed by atoms with Gasteiger partial charge in [0, 0.05) is 32.2 Å². The normalized spacial score (nSPS) is 23.3. The quantitative estimate of drug-likeness (QED) is 0.773. The van der Waals surface area contributed by atoms with Gasteiger partial charge in [0.05, 0.1) is 6.07 Å². The van der Waals surface area contributed by atoms with Crippen LogP contribution in [0, 0.1) is 11.3 Å². The molecule has 1 rings (SSSR count). The van der Waals surface area contributed by atoms with E-state index in [2.05, 4.69) is 42.0 Å². The molecule has 1 N–H and O–H groups in total. The first-order valence-corrected chi connectivity index (χ1v) is 7.17. The van der Waals surface area contributed by atoms with Gasteiger partial charge < -0.3 is 4.90 Å². The monoisotopic (exact) mass is 252 g/mol. The summed E-state index contributed by atoms with van der Waals surface area (Å²) >= 11 is 0. The molecule has 1 fully saturated rings. The second-order valence-corrected chi connectivity index (χ2v) is 5.50. The summed E-state index contributed by atoms with van der Waals surface area (Å²) in [4.78, 5) is 5.00. The molecule has 0 spiro atoms. The van der Waals surface area contributed by atoms with Crippen LogP contribution in [0.1, 0.15) is 34.1 Å². The van der Waals surface area contributed by atoms with E-state index in [-0.39, 0.29) is 0 Å². The molecule has 0 bridgehead atoms. The maximum Gasteiger partial charge on any atom is 0.105 e. The number of hydrogen-bond acceptors (Lipinski definition) is 4. The Labute approximate surface area is 112 Å². The van der Waals surface area contributed by atoms with Crippen molar-refractivity contribution >= 4 is 0 Å². The molecule has 1 saturated heterocycles. The number of nitriles is 1. The van der Waals surface area contributed by atoms with Gasteiger partial charge in [0.1, 0.15) is 5.54 Å².